The molecule has 0 aromatic carbocycles. The molecule has 0 aliphatic carbocycles. The molecule has 0 bridgehead atoms. The molecule has 1 aromatic heterocycles. The number of hydrogen-bond acceptors (Lipinski definition) is 7. The molecule has 1 aromatic rings. The molecule has 20 heavy (non-hydrogen) atoms. The van der Waals surface area contributed by atoms with Crippen molar-refractivity contribution < 1.29 is 13.2 Å². The molecular formula is C12H21N3O3S2. The van der Waals surface area contributed by atoms with Gasteiger partial charge in [-0.25, -0.2) is 8.42 Å². The van der Waals surface area contributed by atoms with Crippen LogP contribution in [0, 0.1) is 0 Å². The normalized spacial score (nSPS) is 18.9. The molecule has 6 nitrogen and oxygen atoms in total. The fraction of sp³-hybridized carbons (Fsp3) is 0.750. The molecule has 0 spiro atoms. The third kappa shape index (κ3) is 3.83. The summed E-state index contributed by atoms with van der Waals surface area (Å²) in [5, 5.41) is 4.32. The largest absolute Gasteiger partial charge is 0.480 e. The maximum Gasteiger partial charge on any atom is 0.230 e. The monoisotopic (exact) mass is 319 g/mol. The molecule has 1 aliphatic rings. The van der Waals surface area contributed by atoms with E-state index in [1.807, 2.05) is 19.0 Å². The Morgan fingerprint density at radius 3 is 2.60 bits per heavy atom. The van der Waals surface area contributed by atoms with Crippen LogP contribution in [0.15, 0.2) is 0 Å². The second-order valence-electron chi connectivity index (χ2n) is 5.13. The number of rotatable bonds is 5. The molecule has 1 fully saturated rings. The molecule has 8 heteroatoms. The zero-order valence-electron chi connectivity index (χ0n) is 12.0. The molecule has 2 heterocycles. The van der Waals surface area contributed by atoms with Gasteiger partial charge >= 0.3 is 0 Å². The van der Waals surface area contributed by atoms with Crippen LogP contribution in [-0.2, 0) is 16.4 Å². The molecule has 0 saturated carbocycles. The van der Waals surface area contributed by atoms with Gasteiger partial charge in [-0.1, -0.05) is 11.3 Å². The topological polar surface area (TPSA) is 71.5 Å². The van der Waals surface area contributed by atoms with E-state index in [9.17, 15) is 8.42 Å². The second kappa shape index (κ2) is 6.28. The van der Waals surface area contributed by atoms with E-state index in [0.717, 1.165) is 10.0 Å². The highest BCUT2D eigenvalue weighted by atomic mass is 32.2. The molecule has 0 amide bonds. The van der Waals surface area contributed by atoms with Crippen molar-refractivity contribution in [3.8, 4) is 5.88 Å². The Hall–Kier alpha value is -0.860. The van der Waals surface area contributed by atoms with E-state index in [2.05, 4.69) is 10.3 Å². The first-order valence-electron chi connectivity index (χ1n) is 6.56. The van der Waals surface area contributed by atoms with Gasteiger partial charge in [-0.15, -0.1) is 0 Å². The summed E-state index contributed by atoms with van der Waals surface area (Å²) in [7, 11) is 2.71. The van der Waals surface area contributed by atoms with Crippen molar-refractivity contribution in [3.05, 3.63) is 4.88 Å². The fourth-order valence-corrected chi connectivity index (χ4v) is 4.51. The lowest BCUT2D eigenvalue weighted by Gasteiger charge is -2.22. The van der Waals surface area contributed by atoms with Gasteiger partial charge in [-0.05, 0) is 12.8 Å². The third-order valence-corrected chi connectivity index (χ3v) is 6.25. The van der Waals surface area contributed by atoms with Crippen LogP contribution in [0.4, 0.5) is 5.13 Å². The number of aromatic nitrogens is 1. The van der Waals surface area contributed by atoms with E-state index in [1.54, 1.807) is 18.4 Å². The quantitative estimate of drug-likeness (QED) is 0.869. The number of hydrogen-bond donors (Lipinski definition) is 1. The smallest absolute Gasteiger partial charge is 0.230 e. The van der Waals surface area contributed by atoms with Crippen LogP contribution in [0.3, 0.4) is 0 Å². The van der Waals surface area contributed by atoms with Crippen molar-refractivity contribution in [1.82, 2.24) is 10.3 Å². The molecule has 0 radical (unpaired) electrons. The lowest BCUT2D eigenvalue weighted by molar-refractivity contribution is 0.390. The number of anilines is 1. The maximum atomic E-state index is 11.4. The zero-order chi connectivity index (χ0) is 14.8. The first kappa shape index (κ1) is 15.5. The van der Waals surface area contributed by atoms with Gasteiger partial charge in [0.1, 0.15) is 9.84 Å². The van der Waals surface area contributed by atoms with E-state index >= 15 is 0 Å². The van der Waals surface area contributed by atoms with E-state index in [1.165, 1.54) is 0 Å². The average molecular weight is 319 g/mol. The van der Waals surface area contributed by atoms with Crippen molar-refractivity contribution in [2.45, 2.75) is 25.4 Å². The maximum absolute atomic E-state index is 11.4. The summed E-state index contributed by atoms with van der Waals surface area (Å²) in [6, 6.07) is 0.258. The van der Waals surface area contributed by atoms with Gasteiger partial charge in [0.05, 0.1) is 23.5 Å². The van der Waals surface area contributed by atoms with Crippen molar-refractivity contribution in [2.75, 3.05) is 37.6 Å². The number of ether oxygens (including phenoxy) is 1. The van der Waals surface area contributed by atoms with Gasteiger partial charge in [-0.3, -0.25) is 0 Å². The zero-order valence-corrected chi connectivity index (χ0v) is 13.7. The summed E-state index contributed by atoms with van der Waals surface area (Å²) in [4.78, 5) is 7.40. The Morgan fingerprint density at radius 1 is 1.40 bits per heavy atom. The first-order valence-corrected chi connectivity index (χ1v) is 9.20. The SMILES string of the molecule is COc1nc(N(C)C)sc1CNC1CCS(=O)(=O)CC1. The van der Waals surface area contributed by atoms with Crippen molar-refractivity contribution in [2.24, 2.45) is 0 Å². The number of nitrogens with one attached hydrogen (secondary N) is 1. The predicted octanol–water partition coefficient (Wildman–Crippen LogP) is 0.885. The lowest BCUT2D eigenvalue weighted by atomic mass is 10.1. The highest BCUT2D eigenvalue weighted by molar-refractivity contribution is 7.91. The molecule has 1 N–H and O–H groups in total. The number of sulfone groups is 1. The van der Waals surface area contributed by atoms with Crippen LogP contribution < -0.4 is 15.0 Å². The van der Waals surface area contributed by atoms with Crippen LogP contribution in [0.5, 0.6) is 5.88 Å². The highest BCUT2D eigenvalue weighted by Gasteiger charge is 2.23. The lowest BCUT2D eigenvalue weighted by Crippen LogP contribution is -2.37. The van der Waals surface area contributed by atoms with Gasteiger partial charge in [0.2, 0.25) is 5.88 Å². The van der Waals surface area contributed by atoms with E-state index in [4.69, 9.17) is 4.74 Å². The molecular weight excluding hydrogens is 298 g/mol. The Labute approximate surface area is 124 Å². The van der Waals surface area contributed by atoms with Crippen LogP contribution in [0.25, 0.3) is 0 Å². The average Bonchev–Trinajstić information content (AvgIpc) is 2.81. The second-order valence-corrected chi connectivity index (χ2v) is 8.50. The van der Waals surface area contributed by atoms with E-state index in [-0.39, 0.29) is 17.5 Å². The summed E-state index contributed by atoms with van der Waals surface area (Å²) in [6.45, 7) is 0.666. The van der Waals surface area contributed by atoms with E-state index in [0.29, 0.717) is 25.3 Å². The number of thiazole rings is 1. The number of nitrogens with zero attached hydrogens (tertiary/aromatic N) is 2. The van der Waals surface area contributed by atoms with Crippen LogP contribution >= 0.6 is 11.3 Å². The van der Waals surface area contributed by atoms with Crippen LogP contribution in [0.2, 0.25) is 0 Å². The Kier molecular flexibility index (Phi) is 4.87. The fourth-order valence-electron chi connectivity index (χ4n) is 2.12. The summed E-state index contributed by atoms with van der Waals surface area (Å²) in [5.41, 5.74) is 0. The van der Waals surface area contributed by atoms with E-state index < -0.39 is 9.84 Å². The minimum atomic E-state index is -2.80. The standard InChI is InChI=1S/C12H21N3O3S2/c1-15(2)12-14-11(18-3)10(19-12)8-13-9-4-6-20(16,17)7-5-9/h9,13H,4-8H2,1-3H3. The Morgan fingerprint density at radius 2 is 2.05 bits per heavy atom. The third-order valence-electron chi connectivity index (χ3n) is 3.33. The minimum absolute atomic E-state index is 0.258. The number of methoxy groups -OCH3 is 1. The van der Waals surface area contributed by atoms with Gasteiger partial charge in [0.15, 0.2) is 5.13 Å². The summed E-state index contributed by atoms with van der Waals surface area (Å²) in [5.74, 6) is 1.22. The summed E-state index contributed by atoms with van der Waals surface area (Å²) >= 11 is 1.59. The van der Waals surface area contributed by atoms with Crippen LogP contribution in [0.1, 0.15) is 17.7 Å². The Balaban J connectivity index is 1.94. The molecule has 114 valence electrons. The van der Waals surface area contributed by atoms with Gasteiger partial charge in [0, 0.05) is 26.7 Å². The minimum Gasteiger partial charge on any atom is -0.480 e. The molecule has 0 atom stereocenters. The summed E-state index contributed by atoms with van der Waals surface area (Å²) < 4.78 is 28.1. The molecule has 1 aliphatic heterocycles. The molecule has 2 rings (SSSR count). The van der Waals surface area contributed by atoms with Gasteiger partial charge < -0.3 is 15.0 Å². The first-order chi connectivity index (χ1) is 9.41. The predicted molar refractivity (Wildman–Crippen MR) is 81.5 cm³/mol. The highest BCUT2D eigenvalue weighted by Crippen LogP contribution is 2.30. The Bertz CT molecular complexity index is 540. The summed E-state index contributed by atoms with van der Waals surface area (Å²) in [6.07, 6.45) is 1.37. The van der Waals surface area contributed by atoms with Crippen molar-refractivity contribution in [3.63, 3.8) is 0 Å². The molecule has 0 unspecified atom stereocenters. The van der Waals surface area contributed by atoms with Crippen molar-refractivity contribution >= 4 is 26.3 Å². The van der Waals surface area contributed by atoms with Gasteiger partial charge in [-0.2, -0.15) is 4.98 Å². The molecule has 1 saturated heterocycles. The van der Waals surface area contributed by atoms with Crippen molar-refractivity contribution in [1.29, 1.82) is 0 Å². The van der Waals surface area contributed by atoms with Gasteiger partial charge in [0.25, 0.3) is 0 Å². The van der Waals surface area contributed by atoms with Crippen LogP contribution in [-0.4, -0.2) is 52.2 Å².